The first-order valence-electron chi connectivity index (χ1n) is 7.28. The Bertz CT molecular complexity index is 608. The molecule has 1 N–H and O–H groups in total. The van der Waals surface area contributed by atoms with Crippen molar-refractivity contribution in [2.45, 2.75) is 20.8 Å². The fraction of sp³-hybridized carbons (Fsp3) is 0.211. The van der Waals surface area contributed by atoms with E-state index in [-0.39, 0.29) is 0 Å². The smallest absolute Gasteiger partial charge is 0.0562 e. The number of anilines is 1. The molecule has 21 heavy (non-hydrogen) atoms. The monoisotopic (exact) mass is 278 g/mol. The van der Waals surface area contributed by atoms with E-state index < -0.39 is 0 Å². The molecule has 2 aromatic carbocycles. The molecule has 0 aliphatic heterocycles. The summed E-state index contributed by atoms with van der Waals surface area (Å²) in [4.78, 5) is 0. The van der Waals surface area contributed by atoms with E-state index >= 15 is 0 Å². The maximum atomic E-state index is 4.37. The third-order valence-electron chi connectivity index (χ3n) is 3.38. The fourth-order valence-electron chi connectivity index (χ4n) is 1.71. The predicted molar refractivity (Wildman–Crippen MR) is 93.4 cm³/mol. The van der Waals surface area contributed by atoms with Crippen molar-refractivity contribution in [1.82, 2.24) is 0 Å². The zero-order chi connectivity index (χ0) is 15.1. The third-order valence-corrected chi connectivity index (χ3v) is 3.38. The van der Waals surface area contributed by atoms with E-state index in [4.69, 9.17) is 0 Å². The van der Waals surface area contributed by atoms with E-state index in [9.17, 15) is 0 Å². The Labute approximate surface area is 127 Å². The second-order valence-electron chi connectivity index (χ2n) is 5.39. The lowest BCUT2D eigenvalue weighted by molar-refractivity contribution is 0.874. The number of benzene rings is 2. The summed E-state index contributed by atoms with van der Waals surface area (Å²) in [6.45, 7) is 6.31. The van der Waals surface area contributed by atoms with Crippen LogP contribution in [-0.2, 0) is 0 Å². The van der Waals surface area contributed by atoms with Crippen LogP contribution in [0.15, 0.2) is 59.7 Å². The molecule has 0 aliphatic carbocycles. The number of hydrogen-bond acceptors (Lipinski definition) is 2. The lowest BCUT2D eigenvalue weighted by atomic mass is 10.1. The molecule has 2 heteroatoms. The molecule has 0 aliphatic rings. The van der Waals surface area contributed by atoms with Gasteiger partial charge in [0.2, 0.25) is 0 Å². The average Bonchev–Trinajstić information content (AvgIpc) is 2.52. The normalized spacial score (nSPS) is 12.1. The Morgan fingerprint density at radius 3 is 2.05 bits per heavy atom. The largest absolute Gasteiger partial charge is 0.279 e. The van der Waals surface area contributed by atoms with Gasteiger partial charge in [0.15, 0.2) is 0 Å². The van der Waals surface area contributed by atoms with Gasteiger partial charge in [-0.25, -0.2) is 0 Å². The van der Waals surface area contributed by atoms with Crippen molar-refractivity contribution < 1.29 is 0 Å². The van der Waals surface area contributed by atoms with Gasteiger partial charge < -0.3 is 0 Å². The minimum absolute atomic E-state index is 0.463. The van der Waals surface area contributed by atoms with Gasteiger partial charge in [-0.1, -0.05) is 68.5 Å². The van der Waals surface area contributed by atoms with Crippen LogP contribution in [0.5, 0.6) is 0 Å². The molecule has 108 valence electrons. The molecule has 0 saturated heterocycles. The molecule has 0 heterocycles. The van der Waals surface area contributed by atoms with Gasteiger partial charge in [-0.3, -0.25) is 5.43 Å². The van der Waals surface area contributed by atoms with Crippen molar-refractivity contribution in [3.63, 3.8) is 0 Å². The standard InChI is InChI=1S/C19H22N2/c1-15(2)16(3)20-21-19-13-11-18(12-14-19)10-9-17-7-5-4-6-8-17/h4-15,21H,1-3H3. The molecule has 0 atom stereocenters. The molecule has 0 aromatic heterocycles. The summed E-state index contributed by atoms with van der Waals surface area (Å²) in [7, 11) is 0. The van der Waals surface area contributed by atoms with E-state index in [0.717, 1.165) is 11.4 Å². The van der Waals surface area contributed by atoms with Crippen LogP contribution in [0, 0.1) is 5.92 Å². The average molecular weight is 278 g/mol. The van der Waals surface area contributed by atoms with Crippen molar-refractivity contribution in [3.8, 4) is 0 Å². The topological polar surface area (TPSA) is 24.4 Å². The van der Waals surface area contributed by atoms with Gasteiger partial charge in [-0.15, -0.1) is 0 Å². The number of nitrogens with one attached hydrogen (secondary N) is 1. The van der Waals surface area contributed by atoms with E-state index in [2.05, 4.69) is 60.8 Å². The molecule has 0 fully saturated rings. The van der Waals surface area contributed by atoms with Crippen molar-refractivity contribution in [3.05, 3.63) is 65.7 Å². The molecule has 2 nitrogen and oxygen atoms in total. The van der Waals surface area contributed by atoms with Gasteiger partial charge in [-0.05, 0) is 36.1 Å². The zero-order valence-electron chi connectivity index (χ0n) is 12.9. The molecule has 0 unspecified atom stereocenters. The van der Waals surface area contributed by atoms with Crippen LogP contribution in [0.25, 0.3) is 12.2 Å². The van der Waals surface area contributed by atoms with E-state index in [0.29, 0.717) is 5.92 Å². The highest BCUT2D eigenvalue weighted by Gasteiger charge is 1.97. The van der Waals surface area contributed by atoms with Crippen molar-refractivity contribution >= 4 is 23.6 Å². The van der Waals surface area contributed by atoms with Crippen LogP contribution in [-0.4, -0.2) is 5.71 Å². The van der Waals surface area contributed by atoms with Gasteiger partial charge in [0.1, 0.15) is 0 Å². The Kier molecular flexibility index (Phi) is 5.33. The molecular formula is C19H22N2. The van der Waals surface area contributed by atoms with Crippen LogP contribution >= 0.6 is 0 Å². The Morgan fingerprint density at radius 2 is 1.48 bits per heavy atom. The van der Waals surface area contributed by atoms with Crippen LogP contribution < -0.4 is 5.43 Å². The minimum Gasteiger partial charge on any atom is -0.279 e. The second-order valence-corrected chi connectivity index (χ2v) is 5.39. The summed E-state index contributed by atoms with van der Waals surface area (Å²) in [6.07, 6.45) is 4.23. The number of hydrogen-bond donors (Lipinski definition) is 1. The first-order chi connectivity index (χ1) is 10.1. The highest BCUT2D eigenvalue weighted by molar-refractivity contribution is 5.84. The Hall–Kier alpha value is -2.35. The van der Waals surface area contributed by atoms with Crippen LogP contribution in [0.3, 0.4) is 0 Å². The van der Waals surface area contributed by atoms with Gasteiger partial charge in [0.25, 0.3) is 0 Å². The van der Waals surface area contributed by atoms with Gasteiger partial charge in [0, 0.05) is 5.71 Å². The number of hydrazone groups is 1. The quantitative estimate of drug-likeness (QED) is 0.448. The van der Waals surface area contributed by atoms with E-state index in [1.54, 1.807) is 0 Å². The van der Waals surface area contributed by atoms with Gasteiger partial charge in [-0.2, -0.15) is 5.10 Å². The molecule has 2 rings (SSSR count). The summed E-state index contributed by atoms with van der Waals surface area (Å²) in [5.41, 5.74) is 7.58. The van der Waals surface area contributed by atoms with Crippen molar-refractivity contribution in [2.75, 3.05) is 5.43 Å². The maximum Gasteiger partial charge on any atom is 0.0562 e. The summed E-state index contributed by atoms with van der Waals surface area (Å²) < 4.78 is 0. The second kappa shape index (κ2) is 7.44. The Balaban J connectivity index is 1.99. The maximum absolute atomic E-state index is 4.37. The minimum atomic E-state index is 0.463. The summed E-state index contributed by atoms with van der Waals surface area (Å²) in [5.74, 6) is 0.463. The number of nitrogens with zero attached hydrogens (tertiary/aromatic N) is 1. The summed E-state index contributed by atoms with van der Waals surface area (Å²) in [5, 5.41) is 4.37. The van der Waals surface area contributed by atoms with Crippen LogP contribution in [0.4, 0.5) is 5.69 Å². The van der Waals surface area contributed by atoms with E-state index in [1.807, 2.05) is 37.3 Å². The van der Waals surface area contributed by atoms with Crippen molar-refractivity contribution in [1.29, 1.82) is 0 Å². The summed E-state index contributed by atoms with van der Waals surface area (Å²) in [6, 6.07) is 18.6. The highest BCUT2D eigenvalue weighted by atomic mass is 15.3. The molecule has 2 aromatic rings. The van der Waals surface area contributed by atoms with Gasteiger partial charge in [0.05, 0.1) is 5.69 Å². The summed E-state index contributed by atoms with van der Waals surface area (Å²) >= 11 is 0. The molecule has 0 saturated carbocycles. The highest BCUT2D eigenvalue weighted by Crippen LogP contribution is 2.13. The van der Waals surface area contributed by atoms with E-state index in [1.165, 1.54) is 11.1 Å². The molecule has 0 spiro atoms. The SMILES string of the molecule is CC(=NNc1ccc(C=Cc2ccccc2)cc1)C(C)C. The molecular weight excluding hydrogens is 256 g/mol. The molecule has 0 radical (unpaired) electrons. The van der Waals surface area contributed by atoms with Gasteiger partial charge >= 0.3 is 0 Å². The first kappa shape index (κ1) is 15.0. The van der Waals surface area contributed by atoms with Crippen LogP contribution in [0.1, 0.15) is 31.9 Å². The third kappa shape index (κ3) is 4.92. The zero-order valence-corrected chi connectivity index (χ0v) is 12.9. The first-order valence-corrected chi connectivity index (χ1v) is 7.28. The number of rotatable bonds is 5. The lowest BCUT2D eigenvalue weighted by Crippen LogP contribution is -2.04. The predicted octanol–water partition coefficient (Wildman–Crippen LogP) is 5.30. The lowest BCUT2D eigenvalue weighted by Gasteiger charge is -2.06. The fourth-order valence-corrected chi connectivity index (χ4v) is 1.71. The van der Waals surface area contributed by atoms with Crippen LogP contribution in [0.2, 0.25) is 0 Å². The molecule has 0 bridgehead atoms. The Morgan fingerprint density at radius 1 is 0.905 bits per heavy atom. The van der Waals surface area contributed by atoms with Crippen molar-refractivity contribution in [2.24, 2.45) is 11.0 Å². The molecule has 0 amide bonds.